The molecule has 23 heavy (non-hydrogen) atoms. The highest BCUT2D eigenvalue weighted by molar-refractivity contribution is 7.90. The topological polar surface area (TPSA) is 98.9 Å². The minimum atomic E-state index is -3.95. The van der Waals surface area contributed by atoms with E-state index in [-0.39, 0.29) is 16.6 Å². The van der Waals surface area contributed by atoms with Crippen molar-refractivity contribution in [1.29, 1.82) is 0 Å². The van der Waals surface area contributed by atoms with E-state index in [9.17, 15) is 13.2 Å². The van der Waals surface area contributed by atoms with Crippen LogP contribution in [0.5, 0.6) is 0 Å². The van der Waals surface area contributed by atoms with Gasteiger partial charge in [-0.05, 0) is 18.4 Å². The molecule has 124 valence electrons. The van der Waals surface area contributed by atoms with Crippen LogP contribution in [-0.2, 0) is 29.5 Å². The van der Waals surface area contributed by atoms with E-state index in [1.807, 2.05) is 13.8 Å². The molecule has 0 saturated heterocycles. The Bertz CT molecular complexity index is 834. The van der Waals surface area contributed by atoms with Gasteiger partial charge in [0.2, 0.25) is 0 Å². The van der Waals surface area contributed by atoms with Gasteiger partial charge in [0.15, 0.2) is 5.03 Å². The zero-order valence-electron chi connectivity index (χ0n) is 13.1. The number of hydrogen-bond donors (Lipinski definition) is 1. The summed E-state index contributed by atoms with van der Waals surface area (Å²) in [6.45, 7) is 5.13. The van der Waals surface area contributed by atoms with Gasteiger partial charge in [-0.15, -0.1) is 0 Å². The van der Waals surface area contributed by atoms with Crippen molar-refractivity contribution in [1.82, 2.24) is 24.1 Å². The molecule has 8 nitrogen and oxygen atoms in total. The molecule has 0 spiro atoms. The van der Waals surface area contributed by atoms with Crippen LogP contribution in [-0.4, -0.2) is 33.7 Å². The smallest absolute Gasteiger partial charge is 0.283 e. The van der Waals surface area contributed by atoms with Crippen molar-refractivity contribution in [2.75, 3.05) is 0 Å². The van der Waals surface area contributed by atoms with Gasteiger partial charge in [-0.3, -0.25) is 9.48 Å². The van der Waals surface area contributed by atoms with Gasteiger partial charge < -0.3 is 4.57 Å². The largest absolute Gasteiger partial charge is 0.318 e. The van der Waals surface area contributed by atoms with E-state index in [0.29, 0.717) is 13.1 Å². The average Bonchev–Trinajstić information content (AvgIpc) is 3.11. The van der Waals surface area contributed by atoms with Gasteiger partial charge in [0, 0.05) is 25.7 Å². The van der Waals surface area contributed by atoms with Gasteiger partial charge in [-0.1, -0.05) is 13.8 Å². The Hall–Kier alpha value is -2.16. The second-order valence-corrected chi connectivity index (χ2v) is 7.62. The second kappa shape index (κ2) is 5.80. The maximum absolute atomic E-state index is 12.5. The van der Waals surface area contributed by atoms with Gasteiger partial charge in [0.05, 0.1) is 6.20 Å². The minimum Gasteiger partial charge on any atom is -0.318 e. The molecule has 1 aliphatic rings. The van der Waals surface area contributed by atoms with Crippen LogP contribution in [0, 0.1) is 5.92 Å². The molecule has 1 amide bonds. The summed E-state index contributed by atoms with van der Waals surface area (Å²) in [7, 11) is -3.95. The number of aromatic nitrogens is 4. The first kappa shape index (κ1) is 15.7. The summed E-state index contributed by atoms with van der Waals surface area (Å²) in [5.41, 5.74) is 0.225. The number of nitrogens with one attached hydrogen (secondary N) is 1. The second-order valence-electron chi connectivity index (χ2n) is 5.99. The Morgan fingerprint density at radius 1 is 1.43 bits per heavy atom. The summed E-state index contributed by atoms with van der Waals surface area (Å²) in [5.74, 6) is 0.343. The maximum Gasteiger partial charge on any atom is 0.283 e. The predicted molar refractivity (Wildman–Crippen MR) is 82.3 cm³/mol. The molecule has 1 aliphatic heterocycles. The van der Waals surface area contributed by atoms with E-state index < -0.39 is 15.9 Å². The molecule has 2 aromatic heterocycles. The van der Waals surface area contributed by atoms with Crippen molar-refractivity contribution in [3.05, 3.63) is 30.0 Å². The van der Waals surface area contributed by atoms with Gasteiger partial charge in [0.25, 0.3) is 15.9 Å². The van der Waals surface area contributed by atoms with E-state index >= 15 is 0 Å². The molecule has 0 radical (unpaired) electrons. The number of fused-ring (bicyclic) bond motifs is 1. The third-order valence-electron chi connectivity index (χ3n) is 3.67. The molecule has 0 atom stereocenters. The van der Waals surface area contributed by atoms with Crippen molar-refractivity contribution in [3.8, 4) is 0 Å². The van der Waals surface area contributed by atoms with Crippen molar-refractivity contribution in [2.24, 2.45) is 5.92 Å². The molecular weight excluding hydrogens is 318 g/mol. The van der Waals surface area contributed by atoms with E-state index in [4.69, 9.17) is 0 Å². The van der Waals surface area contributed by atoms with Crippen molar-refractivity contribution in [2.45, 2.75) is 44.8 Å². The molecule has 2 aromatic rings. The van der Waals surface area contributed by atoms with Crippen LogP contribution in [0.1, 0.15) is 36.6 Å². The van der Waals surface area contributed by atoms with Crippen LogP contribution in [0.2, 0.25) is 0 Å². The fourth-order valence-corrected chi connectivity index (χ4v) is 3.82. The lowest BCUT2D eigenvalue weighted by Crippen LogP contribution is -2.33. The molecule has 0 unspecified atom stereocenters. The predicted octanol–water partition coefficient (Wildman–Crippen LogP) is 0.800. The average molecular weight is 337 g/mol. The number of carbonyl (C=O) groups is 1. The SMILES string of the molecule is CC(C)Cn1nccc1C(=O)NS(=O)(=O)c1cnc2n1CCC2. The Morgan fingerprint density at radius 3 is 2.96 bits per heavy atom. The lowest BCUT2D eigenvalue weighted by atomic mass is 10.2. The molecule has 0 aromatic carbocycles. The summed E-state index contributed by atoms with van der Waals surface area (Å²) < 4.78 is 30.2. The number of imidazole rings is 1. The Balaban J connectivity index is 1.83. The Morgan fingerprint density at radius 2 is 2.22 bits per heavy atom. The van der Waals surface area contributed by atoms with Crippen molar-refractivity contribution >= 4 is 15.9 Å². The third-order valence-corrected chi connectivity index (χ3v) is 5.00. The molecule has 3 heterocycles. The highest BCUT2D eigenvalue weighted by atomic mass is 32.2. The number of hydrogen-bond acceptors (Lipinski definition) is 5. The van der Waals surface area contributed by atoms with Crippen LogP contribution >= 0.6 is 0 Å². The number of aryl methyl sites for hydroxylation is 1. The number of rotatable bonds is 5. The molecule has 1 N–H and O–H groups in total. The molecule has 0 saturated carbocycles. The number of carbonyl (C=O) groups excluding carboxylic acids is 1. The molecule has 0 bridgehead atoms. The summed E-state index contributed by atoms with van der Waals surface area (Å²) in [4.78, 5) is 16.4. The zero-order valence-corrected chi connectivity index (χ0v) is 13.9. The van der Waals surface area contributed by atoms with Crippen LogP contribution in [0.25, 0.3) is 0 Å². The van der Waals surface area contributed by atoms with Crippen LogP contribution in [0.3, 0.4) is 0 Å². The van der Waals surface area contributed by atoms with Gasteiger partial charge in [-0.25, -0.2) is 9.71 Å². The van der Waals surface area contributed by atoms with E-state index in [2.05, 4.69) is 14.8 Å². The fourth-order valence-electron chi connectivity index (χ4n) is 2.69. The zero-order chi connectivity index (χ0) is 16.6. The maximum atomic E-state index is 12.5. The summed E-state index contributed by atoms with van der Waals surface area (Å²) in [6, 6.07) is 1.51. The summed E-state index contributed by atoms with van der Waals surface area (Å²) in [6.07, 6.45) is 4.40. The van der Waals surface area contributed by atoms with Crippen LogP contribution in [0.15, 0.2) is 23.5 Å². The van der Waals surface area contributed by atoms with Gasteiger partial charge in [0.1, 0.15) is 11.5 Å². The first-order chi connectivity index (χ1) is 10.9. The third kappa shape index (κ3) is 3.00. The molecule has 9 heteroatoms. The van der Waals surface area contributed by atoms with E-state index in [1.165, 1.54) is 23.1 Å². The first-order valence-corrected chi connectivity index (χ1v) is 9.00. The highest BCUT2D eigenvalue weighted by Gasteiger charge is 2.28. The number of sulfonamides is 1. The summed E-state index contributed by atoms with van der Waals surface area (Å²) in [5, 5.41) is 4.11. The molecule has 0 fully saturated rings. The molecular formula is C14H19N5O3S. The van der Waals surface area contributed by atoms with E-state index in [0.717, 1.165) is 18.7 Å². The van der Waals surface area contributed by atoms with Crippen molar-refractivity contribution < 1.29 is 13.2 Å². The van der Waals surface area contributed by atoms with Gasteiger partial charge >= 0.3 is 0 Å². The van der Waals surface area contributed by atoms with Crippen LogP contribution in [0.4, 0.5) is 0 Å². The lowest BCUT2D eigenvalue weighted by molar-refractivity contribution is 0.0969. The lowest BCUT2D eigenvalue weighted by Gasteiger charge is -2.11. The quantitative estimate of drug-likeness (QED) is 0.870. The van der Waals surface area contributed by atoms with Crippen molar-refractivity contribution in [3.63, 3.8) is 0 Å². The van der Waals surface area contributed by atoms with E-state index in [1.54, 1.807) is 4.57 Å². The van der Waals surface area contributed by atoms with Crippen LogP contribution < -0.4 is 4.72 Å². The Labute approximate surface area is 134 Å². The standard InChI is InChI=1S/C14H19N5O3S/c1-10(2)9-19-11(5-6-16-19)14(20)17-23(21,22)13-8-15-12-4-3-7-18(12)13/h5-6,8,10H,3-4,7,9H2,1-2H3,(H,17,20). The van der Waals surface area contributed by atoms with Gasteiger partial charge in [-0.2, -0.15) is 13.5 Å². The highest BCUT2D eigenvalue weighted by Crippen LogP contribution is 2.20. The Kier molecular flexibility index (Phi) is 3.97. The summed E-state index contributed by atoms with van der Waals surface area (Å²) >= 11 is 0. The fraction of sp³-hybridized carbons (Fsp3) is 0.500. The monoisotopic (exact) mass is 337 g/mol. The normalized spacial score (nSPS) is 14.2. The molecule has 0 aliphatic carbocycles. The minimum absolute atomic E-state index is 0.0354. The first-order valence-electron chi connectivity index (χ1n) is 7.52. The molecule has 3 rings (SSSR count). The number of nitrogens with zero attached hydrogens (tertiary/aromatic N) is 4. The number of amides is 1.